The molecule has 2 N–H and O–H groups in total. The van der Waals surface area contributed by atoms with E-state index in [0.717, 1.165) is 22.0 Å². The number of rotatable bonds is 10. The first kappa shape index (κ1) is 26.1. The molecular weight excluding hydrogens is 482 g/mol. The van der Waals surface area contributed by atoms with Crippen LogP contribution in [0.4, 0.5) is 5.13 Å². The molecule has 0 fully saturated rings. The van der Waals surface area contributed by atoms with Gasteiger partial charge in [-0.3, -0.25) is 4.79 Å². The van der Waals surface area contributed by atoms with Crippen molar-refractivity contribution in [2.75, 3.05) is 4.90 Å². The number of anilines is 1. The molecular formula is C30H31N3O3S. The lowest BCUT2D eigenvalue weighted by molar-refractivity contribution is -0.140. The van der Waals surface area contributed by atoms with Crippen LogP contribution in [0.15, 0.2) is 84.2 Å². The van der Waals surface area contributed by atoms with Gasteiger partial charge in [0.2, 0.25) is 0 Å². The molecule has 0 radical (unpaired) electrons. The number of nitrogens with zero attached hydrogens (tertiary/aromatic N) is 2. The van der Waals surface area contributed by atoms with Crippen molar-refractivity contribution < 1.29 is 14.7 Å². The van der Waals surface area contributed by atoms with Gasteiger partial charge in [0, 0.05) is 29.6 Å². The molecule has 1 atom stereocenters. The van der Waals surface area contributed by atoms with Gasteiger partial charge in [-0.2, -0.15) is 0 Å². The van der Waals surface area contributed by atoms with Crippen LogP contribution in [-0.2, 0) is 17.9 Å². The lowest BCUT2D eigenvalue weighted by Gasteiger charge is -2.22. The summed E-state index contributed by atoms with van der Waals surface area (Å²) in [6, 6.07) is 25.0. The van der Waals surface area contributed by atoms with Crippen molar-refractivity contribution in [3.8, 4) is 11.3 Å². The molecule has 1 heterocycles. The Morgan fingerprint density at radius 3 is 2.14 bits per heavy atom. The topological polar surface area (TPSA) is 82.5 Å². The fourth-order valence-electron chi connectivity index (χ4n) is 3.98. The van der Waals surface area contributed by atoms with E-state index in [4.69, 9.17) is 4.98 Å². The highest BCUT2D eigenvalue weighted by atomic mass is 32.1. The number of carbonyl (C=O) groups excluding carboxylic acids is 1. The van der Waals surface area contributed by atoms with Gasteiger partial charge in [-0.25, -0.2) is 9.78 Å². The Kier molecular flexibility index (Phi) is 8.36. The van der Waals surface area contributed by atoms with E-state index < -0.39 is 17.9 Å². The van der Waals surface area contributed by atoms with Gasteiger partial charge in [-0.15, -0.1) is 11.3 Å². The maximum atomic E-state index is 12.6. The number of aliphatic carboxylic acids is 1. The van der Waals surface area contributed by atoms with E-state index in [1.165, 1.54) is 11.1 Å². The molecule has 4 aromatic rings. The lowest BCUT2D eigenvalue weighted by Crippen LogP contribution is -2.44. The molecule has 3 aromatic carbocycles. The summed E-state index contributed by atoms with van der Waals surface area (Å²) in [5.41, 5.74) is 5.88. The maximum Gasteiger partial charge on any atom is 0.326 e. The number of aromatic nitrogens is 1. The van der Waals surface area contributed by atoms with Crippen LogP contribution >= 0.6 is 11.3 Å². The highest BCUT2D eigenvalue weighted by Crippen LogP contribution is 2.30. The number of thiazole rings is 1. The quantitative estimate of drug-likeness (QED) is 0.265. The second kappa shape index (κ2) is 11.8. The summed E-state index contributed by atoms with van der Waals surface area (Å²) in [7, 11) is 0. The van der Waals surface area contributed by atoms with Gasteiger partial charge in [-0.1, -0.05) is 86.1 Å². The van der Waals surface area contributed by atoms with E-state index in [2.05, 4.69) is 58.9 Å². The standard InChI is InChI=1S/C30H31N3O3S/c1-20(2)27(29(35)36)32-28(34)25-15-11-23(12-16-25)18-33(17-22-7-5-4-6-8-22)30-31-26(19-37-30)24-13-9-21(3)10-14-24/h4-16,19-20,27H,17-18H2,1-3H3,(H,32,34)(H,35,36). The van der Waals surface area contributed by atoms with E-state index in [1.54, 1.807) is 37.3 Å². The van der Waals surface area contributed by atoms with Gasteiger partial charge in [0.05, 0.1) is 5.69 Å². The van der Waals surface area contributed by atoms with Gasteiger partial charge < -0.3 is 15.3 Å². The van der Waals surface area contributed by atoms with Crippen LogP contribution in [0.25, 0.3) is 11.3 Å². The number of hydrogen-bond acceptors (Lipinski definition) is 5. The number of benzene rings is 3. The summed E-state index contributed by atoms with van der Waals surface area (Å²) in [5, 5.41) is 15.0. The number of nitrogens with one attached hydrogen (secondary N) is 1. The number of carboxylic acids is 1. The number of amides is 1. The number of hydrogen-bond donors (Lipinski definition) is 2. The van der Waals surface area contributed by atoms with E-state index in [0.29, 0.717) is 18.7 Å². The molecule has 0 aliphatic rings. The molecule has 1 amide bonds. The monoisotopic (exact) mass is 513 g/mol. The molecule has 7 heteroatoms. The zero-order valence-electron chi connectivity index (χ0n) is 21.2. The first-order chi connectivity index (χ1) is 17.8. The van der Waals surface area contributed by atoms with Gasteiger partial charge in [0.1, 0.15) is 6.04 Å². The van der Waals surface area contributed by atoms with Crippen molar-refractivity contribution in [1.82, 2.24) is 10.3 Å². The van der Waals surface area contributed by atoms with Crippen LogP contribution < -0.4 is 10.2 Å². The molecule has 190 valence electrons. The Balaban J connectivity index is 1.53. The maximum absolute atomic E-state index is 12.6. The van der Waals surface area contributed by atoms with Crippen molar-refractivity contribution in [2.24, 2.45) is 5.92 Å². The van der Waals surface area contributed by atoms with Crippen molar-refractivity contribution >= 4 is 28.3 Å². The Hall–Kier alpha value is -3.97. The number of carboxylic acid groups (broad SMARTS) is 1. The molecule has 1 unspecified atom stereocenters. The average molecular weight is 514 g/mol. The smallest absolute Gasteiger partial charge is 0.326 e. The minimum absolute atomic E-state index is 0.213. The van der Waals surface area contributed by atoms with E-state index in [1.807, 2.05) is 30.3 Å². The van der Waals surface area contributed by atoms with Crippen molar-refractivity contribution in [3.05, 3.63) is 106 Å². The summed E-state index contributed by atoms with van der Waals surface area (Å²) >= 11 is 1.61. The molecule has 6 nitrogen and oxygen atoms in total. The summed E-state index contributed by atoms with van der Waals surface area (Å²) in [4.78, 5) is 31.2. The minimum atomic E-state index is -1.04. The molecule has 1 aromatic heterocycles. The molecule has 0 spiro atoms. The molecule has 37 heavy (non-hydrogen) atoms. The van der Waals surface area contributed by atoms with Crippen molar-refractivity contribution in [3.63, 3.8) is 0 Å². The Bertz CT molecular complexity index is 1330. The fraction of sp³-hybridized carbons (Fsp3) is 0.233. The second-order valence-corrected chi connectivity index (χ2v) is 10.3. The predicted octanol–water partition coefficient (Wildman–Crippen LogP) is 6.16. The van der Waals surface area contributed by atoms with Gasteiger partial charge in [0.25, 0.3) is 5.91 Å². The van der Waals surface area contributed by atoms with E-state index in [9.17, 15) is 14.7 Å². The van der Waals surface area contributed by atoms with Crippen molar-refractivity contribution in [1.29, 1.82) is 0 Å². The summed E-state index contributed by atoms with van der Waals surface area (Å²) in [5.74, 6) is -1.64. The number of aryl methyl sites for hydroxylation is 1. The minimum Gasteiger partial charge on any atom is -0.480 e. The third kappa shape index (κ3) is 6.83. The first-order valence-corrected chi connectivity index (χ1v) is 13.1. The normalized spacial score (nSPS) is 11.8. The predicted molar refractivity (Wildman–Crippen MR) is 149 cm³/mol. The van der Waals surface area contributed by atoms with E-state index >= 15 is 0 Å². The van der Waals surface area contributed by atoms with Crippen LogP contribution in [0.5, 0.6) is 0 Å². The van der Waals surface area contributed by atoms with Gasteiger partial charge in [0.15, 0.2) is 5.13 Å². The average Bonchev–Trinajstić information content (AvgIpc) is 3.38. The number of carbonyl (C=O) groups is 2. The Labute approximate surface area is 221 Å². The summed E-state index contributed by atoms with van der Waals surface area (Å²) in [6.45, 7) is 6.92. The van der Waals surface area contributed by atoms with Crippen molar-refractivity contribution in [2.45, 2.75) is 39.9 Å². The second-order valence-electron chi connectivity index (χ2n) is 9.45. The third-order valence-corrected chi connectivity index (χ3v) is 7.04. The lowest BCUT2D eigenvalue weighted by atomic mass is 10.0. The molecule has 4 rings (SSSR count). The SMILES string of the molecule is Cc1ccc(-c2csc(N(Cc3ccccc3)Cc3ccc(C(=O)NC(C(=O)O)C(C)C)cc3)n2)cc1. The molecule has 0 saturated heterocycles. The largest absolute Gasteiger partial charge is 0.480 e. The van der Waals surface area contributed by atoms with Crippen LogP contribution in [-0.4, -0.2) is 28.0 Å². The Morgan fingerprint density at radius 2 is 1.54 bits per heavy atom. The van der Waals surface area contributed by atoms with Gasteiger partial charge >= 0.3 is 5.97 Å². The fourth-order valence-corrected chi connectivity index (χ4v) is 4.82. The Morgan fingerprint density at radius 1 is 0.919 bits per heavy atom. The molecule has 0 aliphatic carbocycles. The highest BCUT2D eigenvalue weighted by Gasteiger charge is 2.24. The summed E-state index contributed by atoms with van der Waals surface area (Å²) in [6.07, 6.45) is 0. The highest BCUT2D eigenvalue weighted by molar-refractivity contribution is 7.14. The first-order valence-electron chi connectivity index (χ1n) is 12.2. The van der Waals surface area contributed by atoms with Crippen LogP contribution in [0.2, 0.25) is 0 Å². The van der Waals surface area contributed by atoms with Crippen LogP contribution in [0.3, 0.4) is 0 Å². The molecule has 0 bridgehead atoms. The zero-order chi connectivity index (χ0) is 26.4. The zero-order valence-corrected chi connectivity index (χ0v) is 22.0. The van der Waals surface area contributed by atoms with E-state index in [-0.39, 0.29) is 5.92 Å². The molecule has 0 aliphatic heterocycles. The van der Waals surface area contributed by atoms with Crippen LogP contribution in [0.1, 0.15) is 40.9 Å². The molecule has 0 saturated carbocycles. The van der Waals surface area contributed by atoms with Crippen LogP contribution in [0, 0.1) is 12.8 Å². The third-order valence-electron chi connectivity index (χ3n) is 6.14. The summed E-state index contributed by atoms with van der Waals surface area (Å²) < 4.78 is 0. The van der Waals surface area contributed by atoms with Gasteiger partial charge in [-0.05, 0) is 36.1 Å².